The second-order valence-corrected chi connectivity index (χ2v) is 5.60. The molecule has 1 N–H and O–H groups in total. The summed E-state index contributed by atoms with van der Waals surface area (Å²) in [7, 11) is 0. The molecule has 0 aliphatic carbocycles. The topological polar surface area (TPSA) is 57.6 Å². The Morgan fingerprint density at radius 1 is 1.18 bits per heavy atom. The van der Waals surface area contributed by atoms with Gasteiger partial charge in [0.2, 0.25) is 5.91 Å². The van der Waals surface area contributed by atoms with Crippen molar-refractivity contribution in [1.29, 1.82) is 0 Å². The van der Waals surface area contributed by atoms with Crippen molar-refractivity contribution in [3.05, 3.63) is 35.4 Å². The fourth-order valence-corrected chi connectivity index (χ4v) is 2.67. The highest BCUT2D eigenvalue weighted by molar-refractivity contribution is 5.77. The smallest absolute Gasteiger partial charge is 0.306 e. The summed E-state index contributed by atoms with van der Waals surface area (Å²) in [5.74, 6) is -2.91. The Kier molecular flexibility index (Phi) is 5.46. The number of aliphatic carboxylic acids is 1. The number of carbonyl (C=O) groups is 2. The lowest BCUT2D eigenvalue weighted by molar-refractivity contribution is -0.145. The maximum Gasteiger partial charge on any atom is 0.306 e. The molecule has 6 heteroatoms. The van der Waals surface area contributed by atoms with Crippen molar-refractivity contribution in [3.63, 3.8) is 0 Å². The molecule has 1 heterocycles. The summed E-state index contributed by atoms with van der Waals surface area (Å²) < 4.78 is 25.9. The van der Waals surface area contributed by atoms with E-state index in [1.54, 1.807) is 4.90 Å². The minimum absolute atomic E-state index is 0.00794. The van der Waals surface area contributed by atoms with Gasteiger partial charge in [-0.05, 0) is 43.4 Å². The number of rotatable bonds is 5. The number of likely N-dealkylation sites (tertiary alicyclic amines) is 1. The molecular weight excluding hydrogens is 292 g/mol. The van der Waals surface area contributed by atoms with Crippen LogP contribution in [0.1, 0.15) is 31.2 Å². The number of piperidine rings is 1. The van der Waals surface area contributed by atoms with Crippen LogP contribution in [0.25, 0.3) is 0 Å². The third kappa shape index (κ3) is 4.26. The first-order chi connectivity index (χ1) is 10.5. The maximum atomic E-state index is 13.1. The molecule has 1 fully saturated rings. The molecule has 0 atom stereocenters. The lowest BCUT2D eigenvalue weighted by Gasteiger charge is -2.30. The number of benzene rings is 1. The van der Waals surface area contributed by atoms with E-state index in [2.05, 4.69) is 0 Å². The normalized spacial score (nSPS) is 15.8. The molecule has 0 unspecified atom stereocenters. The van der Waals surface area contributed by atoms with E-state index in [9.17, 15) is 18.4 Å². The lowest BCUT2D eigenvalue weighted by atomic mass is 9.96. The van der Waals surface area contributed by atoms with Crippen molar-refractivity contribution in [2.24, 2.45) is 5.92 Å². The zero-order valence-electron chi connectivity index (χ0n) is 12.2. The number of amides is 1. The van der Waals surface area contributed by atoms with E-state index in [-0.39, 0.29) is 11.8 Å². The van der Waals surface area contributed by atoms with Crippen LogP contribution in [0.15, 0.2) is 18.2 Å². The highest BCUT2D eigenvalue weighted by Gasteiger charge is 2.26. The Morgan fingerprint density at radius 2 is 1.86 bits per heavy atom. The molecule has 2 rings (SSSR count). The minimum Gasteiger partial charge on any atom is -0.481 e. The molecule has 0 bridgehead atoms. The summed E-state index contributed by atoms with van der Waals surface area (Å²) in [6.07, 6.45) is 2.38. The Morgan fingerprint density at radius 3 is 2.45 bits per heavy atom. The molecule has 22 heavy (non-hydrogen) atoms. The Labute approximate surface area is 127 Å². The summed E-state index contributed by atoms with van der Waals surface area (Å²) in [5.41, 5.74) is 0.663. The second kappa shape index (κ2) is 7.33. The average Bonchev–Trinajstić information content (AvgIpc) is 2.51. The molecule has 0 saturated carbocycles. The zero-order valence-corrected chi connectivity index (χ0v) is 12.2. The second-order valence-electron chi connectivity index (χ2n) is 5.60. The van der Waals surface area contributed by atoms with Gasteiger partial charge < -0.3 is 10.0 Å². The Hall–Kier alpha value is -1.98. The van der Waals surface area contributed by atoms with Crippen LogP contribution in [0.5, 0.6) is 0 Å². The molecular formula is C16H19F2NO3. The summed E-state index contributed by atoms with van der Waals surface area (Å²) in [5, 5.41) is 8.91. The largest absolute Gasteiger partial charge is 0.481 e. The number of hydrogen-bond donors (Lipinski definition) is 1. The molecule has 1 aliphatic heterocycles. The summed E-state index contributed by atoms with van der Waals surface area (Å²) >= 11 is 0. The summed E-state index contributed by atoms with van der Waals surface area (Å²) in [6.45, 7) is 0.946. The third-order valence-electron chi connectivity index (χ3n) is 4.04. The Bertz CT molecular complexity index is 554. The number of carboxylic acid groups (broad SMARTS) is 1. The third-order valence-corrected chi connectivity index (χ3v) is 4.04. The first-order valence-corrected chi connectivity index (χ1v) is 7.42. The Balaban J connectivity index is 1.74. The van der Waals surface area contributed by atoms with E-state index in [0.29, 0.717) is 50.8 Å². The highest BCUT2D eigenvalue weighted by Crippen LogP contribution is 2.18. The predicted molar refractivity (Wildman–Crippen MR) is 76.2 cm³/mol. The number of nitrogens with zero attached hydrogens (tertiary/aromatic N) is 1. The van der Waals surface area contributed by atoms with Crippen LogP contribution < -0.4 is 0 Å². The van der Waals surface area contributed by atoms with Crippen LogP contribution in [-0.2, 0) is 16.0 Å². The molecule has 120 valence electrons. The van der Waals surface area contributed by atoms with E-state index in [4.69, 9.17) is 5.11 Å². The van der Waals surface area contributed by atoms with Gasteiger partial charge in [0.15, 0.2) is 11.6 Å². The van der Waals surface area contributed by atoms with Gasteiger partial charge in [0, 0.05) is 19.5 Å². The van der Waals surface area contributed by atoms with Gasteiger partial charge in [-0.3, -0.25) is 9.59 Å². The van der Waals surface area contributed by atoms with Crippen LogP contribution in [0.3, 0.4) is 0 Å². The van der Waals surface area contributed by atoms with Gasteiger partial charge in [-0.15, -0.1) is 0 Å². The predicted octanol–water partition coefficient (Wildman–Crippen LogP) is 2.61. The molecule has 0 spiro atoms. The highest BCUT2D eigenvalue weighted by atomic mass is 19.2. The van der Waals surface area contributed by atoms with Gasteiger partial charge in [0.05, 0.1) is 5.92 Å². The van der Waals surface area contributed by atoms with Gasteiger partial charge in [0.1, 0.15) is 0 Å². The fourth-order valence-electron chi connectivity index (χ4n) is 2.67. The van der Waals surface area contributed by atoms with Crippen LogP contribution in [0, 0.1) is 17.6 Å². The van der Waals surface area contributed by atoms with Gasteiger partial charge >= 0.3 is 5.97 Å². The number of hydrogen-bond acceptors (Lipinski definition) is 2. The number of halogens is 2. The van der Waals surface area contributed by atoms with E-state index < -0.39 is 17.6 Å². The van der Waals surface area contributed by atoms with Crippen LogP contribution >= 0.6 is 0 Å². The van der Waals surface area contributed by atoms with Crippen molar-refractivity contribution >= 4 is 11.9 Å². The number of carboxylic acids is 1. The van der Waals surface area contributed by atoms with Crippen LogP contribution in [-0.4, -0.2) is 35.0 Å². The van der Waals surface area contributed by atoms with E-state index in [1.165, 1.54) is 6.07 Å². The average molecular weight is 311 g/mol. The molecule has 1 amide bonds. The lowest BCUT2D eigenvalue weighted by Crippen LogP contribution is -2.40. The summed E-state index contributed by atoms with van der Waals surface area (Å²) in [4.78, 5) is 24.6. The standard InChI is InChI=1S/C16H19F2NO3/c17-13-5-4-11(10-14(13)18)2-1-3-15(20)19-8-6-12(7-9-19)16(21)22/h4-5,10,12H,1-3,6-9H2,(H,21,22). The van der Waals surface area contributed by atoms with Gasteiger partial charge in [0.25, 0.3) is 0 Å². The molecule has 0 aromatic heterocycles. The van der Waals surface area contributed by atoms with E-state index in [1.807, 2.05) is 0 Å². The van der Waals surface area contributed by atoms with Crippen molar-refractivity contribution in [2.75, 3.05) is 13.1 Å². The summed E-state index contributed by atoms with van der Waals surface area (Å²) in [6, 6.07) is 3.75. The first-order valence-electron chi connectivity index (χ1n) is 7.42. The van der Waals surface area contributed by atoms with Crippen molar-refractivity contribution < 1.29 is 23.5 Å². The van der Waals surface area contributed by atoms with Crippen molar-refractivity contribution in [1.82, 2.24) is 4.90 Å². The molecule has 4 nitrogen and oxygen atoms in total. The molecule has 1 aromatic rings. The van der Waals surface area contributed by atoms with Gasteiger partial charge in [-0.2, -0.15) is 0 Å². The number of aryl methyl sites for hydroxylation is 1. The van der Waals surface area contributed by atoms with Gasteiger partial charge in [-0.25, -0.2) is 8.78 Å². The van der Waals surface area contributed by atoms with Crippen LogP contribution in [0.4, 0.5) is 8.78 Å². The fraction of sp³-hybridized carbons (Fsp3) is 0.500. The molecule has 0 radical (unpaired) electrons. The molecule has 1 aromatic carbocycles. The van der Waals surface area contributed by atoms with Crippen molar-refractivity contribution in [3.8, 4) is 0 Å². The van der Waals surface area contributed by atoms with Crippen LogP contribution in [0.2, 0.25) is 0 Å². The van der Waals surface area contributed by atoms with E-state index in [0.717, 1.165) is 12.1 Å². The first kappa shape index (κ1) is 16.4. The van der Waals surface area contributed by atoms with E-state index >= 15 is 0 Å². The van der Waals surface area contributed by atoms with Crippen molar-refractivity contribution in [2.45, 2.75) is 32.1 Å². The molecule has 1 aliphatic rings. The minimum atomic E-state index is -0.875. The quantitative estimate of drug-likeness (QED) is 0.909. The monoisotopic (exact) mass is 311 g/mol. The maximum absolute atomic E-state index is 13.1. The molecule has 1 saturated heterocycles. The SMILES string of the molecule is O=C(O)C1CCN(C(=O)CCCc2ccc(F)c(F)c2)CC1. The van der Waals surface area contributed by atoms with Gasteiger partial charge in [-0.1, -0.05) is 6.07 Å². The zero-order chi connectivity index (χ0) is 16.1. The number of carbonyl (C=O) groups excluding carboxylic acids is 1.